The van der Waals surface area contributed by atoms with E-state index in [1.807, 2.05) is 41.7 Å². The van der Waals surface area contributed by atoms with Gasteiger partial charge in [-0.1, -0.05) is 104 Å². The highest BCUT2D eigenvalue weighted by Gasteiger charge is 2.13. The molecule has 0 aliphatic rings. The van der Waals surface area contributed by atoms with E-state index in [2.05, 4.69) is 116 Å². The molecular formula is C39H26N2OS. The summed E-state index contributed by atoms with van der Waals surface area (Å²) in [7, 11) is 0. The van der Waals surface area contributed by atoms with Crippen LogP contribution in [-0.4, -0.2) is 9.97 Å². The summed E-state index contributed by atoms with van der Waals surface area (Å²) >= 11 is 1.86. The minimum absolute atomic E-state index is 0.564. The fourth-order valence-corrected chi connectivity index (χ4v) is 7.03. The maximum Gasteiger partial charge on any atom is 0.246 e. The first-order valence-corrected chi connectivity index (χ1v) is 15.1. The van der Waals surface area contributed by atoms with Crippen LogP contribution in [0.15, 0.2) is 138 Å². The fourth-order valence-electron chi connectivity index (χ4n) is 5.75. The zero-order chi connectivity index (χ0) is 28.9. The molecule has 43 heavy (non-hydrogen) atoms. The number of hydrogen-bond donors (Lipinski definition) is 0. The summed E-state index contributed by atoms with van der Waals surface area (Å²) < 4.78 is 8.68. The lowest BCUT2D eigenvalue weighted by Gasteiger charge is -2.05. The van der Waals surface area contributed by atoms with Crippen molar-refractivity contribution in [3.05, 3.63) is 145 Å². The van der Waals surface area contributed by atoms with Gasteiger partial charge in [0.2, 0.25) is 5.71 Å². The molecule has 3 aromatic heterocycles. The Bertz CT molecular complexity index is 2420. The van der Waals surface area contributed by atoms with Gasteiger partial charge in [0.05, 0.1) is 11.0 Å². The van der Waals surface area contributed by atoms with Crippen LogP contribution >= 0.6 is 11.3 Å². The van der Waals surface area contributed by atoms with Crippen molar-refractivity contribution in [2.24, 2.45) is 0 Å². The predicted octanol–water partition coefficient (Wildman–Crippen LogP) is 11.2. The summed E-state index contributed by atoms with van der Waals surface area (Å²) in [5, 5.41) is 3.61. The van der Waals surface area contributed by atoms with Crippen LogP contribution in [0.1, 0.15) is 18.1 Å². The number of para-hydroxylation sites is 2. The smallest absolute Gasteiger partial charge is 0.246 e. The van der Waals surface area contributed by atoms with Gasteiger partial charge >= 0.3 is 0 Å². The van der Waals surface area contributed by atoms with E-state index in [1.54, 1.807) is 0 Å². The van der Waals surface area contributed by atoms with Crippen LogP contribution in [0.25, 0.3) is 75.7 Å². The molecule has 0 N–H and O–H groups in total. The van der Waals surface area contributed by atoms with Crippen molar-refractivity contribution in [3.63, 3.8) is 0 Å². The largest absolute Gasteiger partial charge is 0.436 e. The second-order valence-electron chi connectivity index (χ2n) is 10.8. The maximum absolute atomic E-state index is 6.02. The first kappa shape index (κ1) is 25.4. The lowest BCUT2D eigenvalue weighted by atomic mass is 9.99. The number of allylic oxidation sites excluding steroid dienone is 5. The molecule has 0 radical (unpaired) electrons. The molecule has 0 aliphatic heterocycles. The third kappa shape index (κ3) is 4.44. The number of nitrogens with zero attached hydrogens (tertiary/aromatic N) is 2. The van der Waals surface area contributed by atoms with Gasteiger partial charge in [0.1, 0.15) is 11.1 Å². The Labute approximate surface area is 252 Å². The van der Waals surface area contributed by atoms with E-state index < -0.39 is 0 Å². The molecule has 0 saturated carbocycles. The Morgan fingerprint density at radius 1 is 0.744 bits per heavy atom. The van der Waals surface area contributed by atoms with Gasteiger partial charge in [0.25, 0.3) is 0 Å². The first-order valence-electron chi connectivity index (χ1n) is 14.3. The van der Waals surface area contributed by atoms with Crippen LogP contribution in [0.3, 0.4) is 0 Å². The summed E-state index contributed by atoms with van der Waals surface area (Å²) in [5.74, 6) is 0. The van der Waals surface area contributed by atoms with Crippen LogP contribution in [-0.2, 0) is 0 Å². The molecule has 0 saturated heterocycles. The Hall–Kier alpha value is -5.32. The molecule has 0 fully saturated rings. The van der Waals surface area contributed by atoms with E-state index in [4.69, 9.17) is 9.40 Å². The van der Waals surface area contributed by atoms with Crippen LogP contribution in [0.2, 0.25) is 0 Å². The third-order valence-electron chi connectivity index (χ3n) is 8.04. The minimum Gasteiger partial charge on any atom is -0.436 e. The number of furan rings is 1. The normalized spacial score (nSPS) is 12.4. The lowest BCUT2D eigenvalue weighted by Crippen LogP contribution is -1.84. The number of benzene rings is 5. The van der Waals surface area contributed by atoms with Crippen molar-refractivity contribution in [1.29, 1.82) is 0 Å². The molecule has 3 nitrogen and oxygen atoms in total. The summed E-state index contributed by atoms with van der Waals surface area (Å²) in [5.41, 5.74) is 10.6. The third-order valence-corrected chi connectivity index (χ3v) is 9.26. The molecule has 0 amide bonds. The highest BCUT2D eigenvalue weighted by atomic mass is 32.1. The molecule has 8 rings (SSSR count). The van der Waals surface area contributed by atoms with Crippen LogP contribution in [0.5, 0.6) is 0 Å². The summed E-state index contributed by atoms with van der Waals surface area (Å²) in [4.78, 5) is 9.52. The van der Waals surface area contributed by atoms with E-state index in [1.165, 1.54) is 31.3 Å². The molecule has 0 spiro atoms. The van der Waals surface area contributed by atoms with Crippen molar-refractivity contribution >= 4 is 75.9 Å². The summed E-state index contributed by atoms with van der Waals surface area (Å²) in [6.07, 6.45) is 6.35. The number of hydrogen-bond acceptors (Lipinski definition) is 4. The van der Waals surface area contributed by atoms with Crippen LogP contribution in [0, 0.1) is 0 Å². The Kier molecular flexibility index (Phi) is 6.02. The molecule has 4 heteroatoms. The van der Waals surface area contributed by atoms with Gasteiger partial charge in [-0.3, -0.25) is 0 Å². The Balaban J connectivity index is 1.04. The van der Waals surface area contributed by atoms with Crippen molar-refractivity contribution in [3.8, 4) is 11.1 Å². The highest BCUT2D eigenvalue weighted by Crippen LogP contribution is 2.38. The van der Waals surface area contributed by atoms with Gasteiger partial charge < -0.3 is 4.42 Å². The maximum atomic E-state index is 6.02. The lowest BCUT2D eigenvalue weighted by molar-refractivity contribution is 0.655. The van der Waals surface area contributed by atoms with E-state index >= 15 is 0 Å². The van der Waals surface area contributed by atoms with E-state index in [0.29, 0.717) is 5.71 Å². The quantitative estimate of drug-likeness (QED) is 0.193. The van der Waals surface area contributed by atoms with Gasteiger partial charge in [-0.25, -0.2) is 9.97 Å². The van der Waals surface area contributed by atoms with E-state index in [0.717, 1.165) is 49.8 Å². The molecule has 0 bridgehead atoms. The summed E-state index contributed by atoms with van der Waals surface area (Å²) in [6.45, 7) is 6.50. The Morgan fingerprint density at radius 2 is 1.49 bits per heavy atom. The fraction of sp³-hybridized carbons (Fsp3) is 0.0256. The SMILES string of the molecule is C=C(/C=C\C=C(/C)c1cccc2c1sc1ccccc12)c1ccc(-c2ccc3oc4nc5ccccc5nc4c3c2)cc1. The van der Waals surface area contributed by atoms with Gasteiger partial charge in [-0.05, 0) is 70.7 Å². The second kappa shape index (κ2) is 10.2. The Morgan fingerprint density at radius 3 is 2.35 bits per heavy atom. The average molecular weight is 571 g/mol. The van der Waals surface area contributed by atoms with E-state index in [9.17, 15) is 0 Å². The minimum atomic E-state index is 0.564. The second-order valence-corrected chi connectivity index (χ2v) is 11.8. The van der Waals surface area contributed by atoms with Crippen molar-refractivity contribution in [2.45, 2.75) is 6.92 Å². The first-order chi connectivity index (χ1) is 21.1. The van der Waals surface area contributed by atoms with Crippen molar-refractivity contribution in [2.75, 3.05) is 0 Å². The zero-order valence-electron chi connectivity index (χ0n) is 23.5. The zero-order valence-corrected chi connectivity index (χ0v) is 24.4. The molecule has 3 heterocycles. The number of aromatic nitrogens is 2. The monoisotopic (exact) mass is 570 g/mol. The molecule has 5 aromatic carbocycles. The van der Waals surface area contributed by atoms with Crippen molar-refractivity contribution in [1.82, 2.24) is 9.97 Å². The number of fused-ring (bicyclic) bond motifs is 7. The van der Waals surface area contributed by atoms with Gasteiger partial charge in [-0.2, -0.15) is 0 Å². The molecule has 8 aromatic rings. The van der Waals surface area contributed by atoms with Gasteiger partial charge in [0.15, 0.2) is 0 Å². The van der Waals surface area contributed by atoms with Gasteiger partial charge in [0, 0.05) is 25.6 Å². The van der Waals surface area contributed by atoms with Crippen LogP contribution in [0.4, 0.5) is 0 Å². The number of rotatable bonds is 5. The van der Waals surface area contributed by atoms with Crippen molar-refractivity contribution < 1.29 is 4.42 Å². The van der Waals surface area contributed by atoms with Crippen LogP contribution < -0.4 is 0 Å². The molecule has 204 valence electrons. The molecular weight excluding hydrogens is 545 g/mol. The van der Waals surface area contributed by atoms with E-state index in [-0.39, 0.29) is 0 Å². The highest BCUT2D eigenvalue weighted by molar-refractivity contribution is 7.26. The molecule has 0 unspecified atom stereocenters. The molecule has 0 atom stereocenters. The molecule has 0 aliphatic carbocycles. The average Bonchev–Trinajstić information content (AvgIpc) is 3.61. The standard InChI is InChI=1S/C39H26N2OS/c1-24(9-7-10-25(2)29-12-8-13-31-30-11-3-6-16-36(30)43-38(29)31)26-17-19-27(20-18-26)28-21-22-35-32(23-28)37-39(42-35)41-34-15-5-4-14-33(34)40-37/h3-23H,1H2,2H3/b9-7-,25-10+. The topological polar surface area (TPSA) is 38.9 Å². The summed E-state index contributed by atoms with van der Waals surface area (Å²) in [6, 6.07) is 37.8. The predicted molar refractivity (Wildman–Crippen MR) is 183 cm³/mol. The van der Waals surface area contributed by atoms with Gasteiger partial charge in [-0.15, -0.1) is 11.3 Å². The number of thiophene rings is 1.